The molecule has 2 aromatic rings. The summed E-state index contributed by atoms with van der Waals surface area (Å²) in [4.78, 5) is 0. The van der Waals surface area contributed by atoms with Crippen LogP contribution in [0.5, 0.6) is 0 Å². The van der Waals surface area contributed by atoms with Gasteiger partial charge in [-0.3, -0.25) is 0 Å². The molecule has 0 atom stereocenters. The van der Waals surface area contributed by atoms with Gasteiger partial charge in [-0.1, -0.05) is 6.07 Å². The van der Waals surface area contributed by atoms with Crippen LogP contribution in [0.25, 0.3) is 0 Å². The number of nitrogens with one attached hydrogen (secondary N) is 1. The van der Waals surface area contributed by atoms with Crippen molar-refractivity contribution in [2.24, 2.45) is 0 Å². The molecule has 0 aliphatic heterocycles. The number of nitrogen functional groups attached to an aromatic ring is 1. The highest BCUT2D eigenvalue weighted by Crippen LogP contribution is 2.17. The third kappa shape index (κ3) is 2.50. The standard InChI is InChI=1S/C12H14N2S/c1-9-7-15-8-10(9)6-14-12-4-2-3-11(13)5-12/h2-5,7-8,14H,6,13H2,1H3. The molecule has 78 valence electrons. The van der Waals surface area contributed by atoms with E-state index in [1.165, 1.54) is 11.1 Å². The van der Waals surface area contributed by atoms with Gasteiger partial charge in [-0.25, -0.2) is 0 Å². The summed E-state index contributed by atoms with van der Waals surface area (Å²) in [7, 11) is 0. The molecule has 0 radical (unpaired) electrons. The summed E-state index contributed by atoms with van der Waals surface area (Å²) in [5, 5.41) is 7.69. The summed E-state index contributed by atoms with van der Waals surface area (Å²) in [6.45, 7) is 2.99. The first kappa shape index (κ1) is 10.1. The predicted molar refractivity (Wildman–Crippen MR) is 67.2 cm³/mol. The van der Waals surface area contributed by atoms with Gasteiger partial charge < -0.3 is 11.1 Å². The summed E-state index contributed by atoms with van der Waals surface area (Å²) >= 11 is 1.74. The van der Waals surface area contributed by atoms with Crippen LogP contribution in [0.4, 0.5) is 11.4 Å². The molecular weight excluding hydrogens is 204 g/mol. The van der Waals surface area contributed by atoms with Crippen molar-refractivity contribution in [2.75, 3.05) is 11.1 Å². The molecule has 0 bridgehead atoms. The lowest BCUT2D eigenvalue weighted by Gasteiger charge is -2.06. The molecule has 0 aliphatic rings. The average molecular weight is 218 g/mol. The SMILES string of the molecule is Cc1cscc1CNc1cccc(N)c1. The fourth-order valence-electron chi connectivity index (χ4n) is 1.41. The average Bonchev–Trinajstić information content (AvgIpc) is 2.61. The molecule has 0 spiro atoms. The second-order valence-electron chi connectivity index (χ2n) is 3.56. The van der Waals surface area contributed by atoms with Crippen molar-refractivity contribution in [3.63, 3.8) is 0 Å². The molecule has 0 unspecified atom stereocenters. The van der Waals surface area contributed by atoms with Crippen molar-refractivity contribution in [1.82, 2.24) is 0 Å². The maximum Gasteiger partial charge on any atom is 0.0411 e. The quantitative estimate of drug-likeness (QED) is 0.776. The highest BCUT2D eigenvalue weighted by molar-refractivity contribution is 7.08. The molecule has 1 heterocycles. The lowest BCUT2D eigenvalue weighted by molar-refractivity contribution is 1.14. The summed E-state index contributed by atoms with van der Waals surface area (Å²) in [6, 6.07) is 7.82. The smallest absolute Gasteiger partial charge is 0.0411 e. The van der Waals surface area contributed by atoms with Gasteiger partial charge in [-0.05, 0) is 47.0 Å². The van der Waals surface area contributed by atoms with E-state index in [1.807, 2.05) is 24.3 Å². The number of hydrogen-bond donors (Lipinski definition) is 2. The molecule has 0 fully saturated rings. The van der Waals surface area contributed by atoms with Crippen molar-refractivity contribution in [2.45, 2.75) is 13.5 Å². The van der Waals surface area contributed by atoms with Crippen LogP contribution >= 0.6 is 11.3 Å². The van der Waals surface area contributed by atoms with E-state index in [9.17, 15) is 0 Å². The molecule has 0 saturated heterocycles. The first-order valence-electron chi connectivity index (χ1n) is 4.87. The summed E-state index contributed by atoms with van der Waals surface area (Å²) < 4.78 is 0. The van der Waals surface area contributed by atoms with Gasteiger partial charge in [0, 0.05) is 17.9 Å². The topological polar surface area (TPSA) is 38.0 Å². The van der Waals surface area contributed by atoms with E-state index < -0.39 is 0 Å². The van der Waals surface area contributed by atoms with Crippen molar-refractivity contribution < 1.29 is 0 Å². The van der Waals surface area contributed by atoms with Crippen LogP contribution in [0, 0.1) is 6.92 Å². The maximum absolute atomic E-state index is 5.70. The molecule has 15 heavy (non-hydrogen) atoms. The van der Waals surface area contributed by atoms with E-state index in [2.05, 4.69) is 23.0 Å². The van der Waals surface area contributed by atoms with Crippen LogP contribution < -0.4 is 11.1 Å². The molecule has 0 amide bonds. The number of aryl methyl sites for hydroxylation is 1. The summed E-state index contributed by atoms with van der Waals surface area (Å²) in [6.07, 6.45) is 0. The van der Waals surface area contributed by atoms with Crippen LogP contribution in [0.3, 0.4) is 0 Å². The summed E-state index contributed by atoms with van der Waals surface area (Å²) in [5.74, 6) is 0. The lowest BCUT2D eigenvalue weighted by atomic mass is 10.2. The maximum atomic E-state index is 5.70. The Bertz CT molecular complexity index is 448. The van der Waals surface area contributed by atoms with Crippen LogP contribution in [0.2, 0.25) is 0 Å². The van der Waals surface area contributed by atoms with E-state index in [0.717, 1.165) is 17.9 Å². The molecule has 2 nitrogen and oxygen atoms in total. The van der Waals surface area contributed by atoms with E-state index in [4.69, 9.17) is 5.73 Å². The Morgan fingerprint density at radius 3 is 2.87 bits per heavy atom. The Hall–Kier alpha value is -1.48. The molecule has 2 rings (SSSR count). The van der Waals surface area contributed by atoms with Gasteiger partial charge >= 0.3 is 0 Å². The van der Waals surface area contributed by atoms with Gasteiger partial charge in [0.2, 0.25) is 0 Å². The van der Waals surface area contributed by atoms with Gasteiger partial charge in [0.15, 0.2) is 0 Å². The summed E-state index contributed by atoms with van der Waals surface area (Å²) in [5.41, 5.74) is 10.3. The minimum absolute atomic E-state index is 0.794. The largest absolute Gasteiger partial charge is 0.399 e. The second kappa shape index (κ2) is 4.36. The molecule has 3 heteroatoms. The molecule has 3 N–H and O–H groups in total. The van der Waals surface area contributed by atoms with Crippen LogP contribution in [-0.4, -0.2) is 0 Å². The second-order valence-corrected chi connectivity index (χ2v) is 4.30. The Morgan fingerprint density at radius 1 is 1.33 bits per heavy atom. The number of nitrogens with two attached hydrogens (primary N) is 1. The van der Waals surface area contributed by atoms with Gasteiger partial charge in [0.25, 0.3) is 0 Å². The highest BCUT2D eigenvalue weighted by Gasteiger charge is 1.98. The molecule has 1 aromatic carbocycles. The zero-order chi connectivity index (χ0) is 10.7. The first-order chi connectivity index (χ1) is 7.25. The van der Waals surface area contributed by atoms with E-state index >= 15 is 0 Å². The van der Waals surface area contributed by atoms with Crippen molar-refractivity contribution in [1.29, 1.82) is 0 Å². The van der Waals surface area contributed by atoms with Crippen molar-refractivity contribution in [3.8, 4) is 0 Å². The zero-order valence-electron chi connectivity index (χ0n) is 8.66. The Morgan fingerprint density at radius 2 is 2.20 bits per heavy atom. The lowest BCUT2D eigenvalue weighted by Crippen LogP contribution is -1.99. The molecule has 0 saturated carbocycles. The van der Waals surface area contributed by atoms with E-state index in [-0.39, 0.29) is 0 Å². The number of thiophene rings is 1. The molecule has 1 aromatic heterocycles. The monoisotopic (exact) mass is 218 g/mol. The van der Waals surface area contributed by atoms with Gasteiger partial charge in [-0.15, -0.1) is 0 Å². The van der Waals surface area contributed by atoms with Crippen LogP contribution in [-0.2, 0) is 6.54 Å². The highest BCUT2D eigenvalue weighted by atomic mass is 32.1. The van der Waals surface area contributed by atoms with E-state index in [1.54, 1.807) is 11.3 Å². The van der Waals surface area contributed by atoms with Gasteiger partial charge in [0.05, 0.1) is 0 Å². The van der Waals surface area contributed by atoms with Crippen LogP contribution in [0.15, 0.2) is 35.0 Å². The van der Waals surface area contributed by atoms with Crippen molar-refractivity contribution >= 4 is 22.7 Å². The Labute approximate surface area is 93.7 Å². The fraction of sp³-hybridized carbons (Fsp3) is 0.167. The van der Waals surface area contributed by atoms with Gasteiger partial charge in [-0.2, -0.15) is 11.3 Å². The normalized spacial score (nSPS) is 10.2. The zero-order valence-corrected chi connectivity index (χ0v) is 9.47. The van der Waals surface area contributed by atoms with Gasteiger partial charge in [0.1, 0.15) is 0 Å². The minimum atomic E-state index is 0.794. The Kier molecular flexibility index (Phi) is 2.92. The fourth-order valence-corrected chi connectivity index (χ4v) is 2.27. The van der Waals surface area contributed by atoms with E-state index in [0.29, 0.717) is 0 Å². The third-order valence-electron chi connectivity index (χ3n) is 2.33. The van der Waals surface area contributed by atoms with Crippen LogP contribution in [0.1, 0.15) is 11.1 Å². The van der Waals surface area contributed by atoms with Crippen molar-refractivity contribution in [3.05, 3.63) is 46.2 Å². The minimum Gasteiger partial charge on any atom is -0.399 e. The molecular formula is C12H14N2S. The number of anilines is 2. The third-order valence-corrected chi connectivity index (χ3v) is 3.24. The number of hydrogen-bond acceptors (Lipinski definition) is 3. The predicted octanol–water partition coefficient (Wildman–Crippen LogP) is 3.25. The number of benzene rings is 1. The molecule has 0 aliphatic carbocycles. The number of rotatable bonds is 3. The Balaban J connectivity index is 2.02. The first-order valence-corrected chi connectivity index (χ1v) is 5.81.